The van der Waals surface area contributed by atoms with E-state index < -0.39 is 11.8 Å². The van der Waals surface area contributed by atoms with Gasteiger partial charge in [-0.3, -0.25) is 14.4 Å². The summed E-state index contributed by atoms with van der Waals surface area (Å²) in [5.74, 6) is -1.66. The van der Waals surface area contributed by atoms with Gasteiger partial charge in [-0.05, 0) is 12.8 Å². The summed E-state index contributed by atoms with van der Waals surface area (Å²) in [4.78, 5) is 34.7. The predicted molar refractivity (Wildman–Crippen MR) is 52.6 cm³/mol. The Morgan fingerprint density at radius 2 is 1.80 bits per heavy atom. The van der Waals surface area contributed by atoms with Crippen LogP contribution in [0.3, 0.4) is 0 Å². The average molecular weight is 213 g/mol. The van der Waals surface area contributed by atoms with Crippen LogP contribution in [0.25, 0.3) is 0 Å². The van der Waals surface area contributed by atoms with Crippen molar-refractivity contribution in [3.8, 4) is 0 Å². The topological polar surface area (TPSA) is 92.5 Å². The number of hydrogen-bond donors (Lipinski definition) is 2. The highest BCUT2D eigenvalue weighted by atomic mass is 16.2. The molecule has 1 rings (SSSR count). The van der Waals surface area contributed by atoms with E-state index in [0.717, 1.165) is 0 Å². The molecule has 0 saturated carbocycles. The Balaban J connectivity index is 2.47. The summed E-state index contributed by atoms with van der Waals surface area (Å²) in [5, 5.41) is 2.27. The van der Waals surface area contributed by atoms with Gasteiger partial charge in [0.15, 0.2) is 0 Å². The van der Waals surface area contributed by atoms with Crippen LogP contribution in [0.2, 0.25) is 0 Å². The van der Waals surface area contributed by atoms with Crippen molar-refractivity contribution in [3.63, 3.8) is 0 Å². The first-order chi connectivity index (χ1) is 7.06. The van der Waals surface area contributed by atoms with E-state index in [2.05, 4.69) is 5.32 Å². The van der Waals surface area contributed by atoms with Crippen LogP contribution < -0.4 is 11.1 Å². The van der Waals surface area contributed by atoms with Gasteiger partial charge in [0.1, 0.15) is 0 Å². The fourth-order valence-corrected chi connectivity index (χ4v) is 1.62. The van der Waals surface area contributed by atoms with Crippen molar-refractivity contribution in [2.24, 2.45) is 11.7 Å². The molecule has 0 aromatic rings. The highest BCUT2D eigenvalue weighted by molar-refractivity contribution is 6.34. The highest BCUT2D eigenvalue weighted by Crippen LogP contribution is 2.16. The Bertz CT molecular complexity index is 282. The first kappa shape index (κ1) is 11.5. The van der Waals surface area contributed by atoms with E-state index in [1.807, 2.05) is 0 Å². The molecule has 0 spiro atoms. The summed E-state index contributed by atoms with van der Waals surface area (Å²) in [7, 11) is 1.41. The van der Waals surface area contributed by atoms with E-state index in [1.165, 1.54) is 11.9 Å². The minimum Gasteiger partial charge on any atom is -0.369 e. The molecule has 0 bridgehead atoms. The number of carbonyl (C=O) groups is 3. The number of nitrogens with two attached hydrogens (primary N) is 1. The third-order valence-electron chi connectivity index (χ3n) is 2.61. The van der Waals surface area contributed by atoms with E-state index in [-0.39, 0.29) is 11.8 Å². The van der Waals surface area contributed by atoms with Crippen LogP contribution in [0.1, 0.15) is 12.8 Å². The van der Waals surface area contributed by atoms with Crippen LogP contribution in [0, 0.1) is 5.92 Å². The van der Waals surface area contributed by atoms with E-state index in [1.54, 1.807) is 0 Å². The predicted octanol–water partition coefficient (Wildman–Crippen LogP) is -1.54. The number of nitrogens with zero attached hydrogens (tertiary/aromatic N) is 1. The normalized spacial score (nSPS) is 17.3. The number of hydrogen-bond acceptors (Lipinski definition) is 3. The second-order valence-electron chi connectivity index (χ2n) is 3.55. The van der Waals surface area contributed by atoms with Gasteiger partial charge in [0.25, 0.3) is 0 Å². The number of nitrogens with one attached hydrogen (secondary N) is 1. The molecule has 1 fully saturated rings. The van der Waals surface area contributed by atoms with Gasteiger partial charge in [0.05, 0.1) is 0 Å². The molecule has 0 unspecified atom stereocenters. The lowest BCUT2D eigenvalue weighted by Crippen LogP contribution is -2.47. The van der Waals surface area contributed by atoms with Crippen molar-refractivity contribution in [1.82, 2.24) is 10.2 Å². The number of carbonyl (C=O) groups excluding carboxylic acids is 3. The number of amides is 3. The van der Waals surface area contributed by atoms with Crippen molar-refractivity contribution in [1.29, 1.82) is 0 Å². The molecule has 6 heteroatoms. The number of piperidine rings is 1. The van der Waals surface area contributed by atoms with Gasteiger partial charge < -0.3 is 16.0 Å². The molecular weight excluding hydrogens is 198 g/mol. The van der Waals surface area contributed by atoms with Crippen LogP contribution >= 0.6 is 0 Å². The fourth-order valence-electron chi connectivity index (χ4n) is 1.62. The summed E-state index contributed by atoms with van der Waals surface area (Å²) >= 11 is 0. The summed E-state index contributed by atoms with van der Waals surface area (Å²) in [6.07, 6.45) is 1.08. The third-order valence-corrected chi connectivity index (χ3v) is 2.61. The van der Waals surface area contributed by atoms with E-state index in [9.17, 15) is 14.4 Å². The molecule has 0 aliphatic carbocycles. The maximum atomic E-state index is 11.4. The molecule has 3 amide bonds. The zero-order chi connectivity index (χ0) is 11.4. The van der Waals surface area contributed by atoms with E-state index in [4.69, 9.17) is 5.73 Å². The molecule has 0 radical (unpaired) electrons. The zero-order valence-electron chi connectivity index (χ0n) is 8.66. The average Bonchev–Trinajstić information content (AvgIpc) is 2.27. The maximum absolute atomic E-state index is 11.4. The number of primary amides is 1. The van der Waals surface area contributed by atoms with E-state index in [0.29, 0.717) is 25.9 Å². The fraction of sp³-hybridized carbons (Fsp3) is 0.667. The van der Waals surface area contributed by atoms with Gasteiger partial charge >= 0.3 is 11.8 Å². The van der Waals surface area contributed by atoms with Crippen LogP contribution in [0.4, 0.5) is 0 Å². The lowest BCUT2D eigenvalue weighted by atomic mass is 9.96. The number of likely N-dealkylation sites (N-methyl/N-ethyl adjacent to an activating group) is 1. The van der Waals surface area contributed by atoms with Crippen molar-refractivity contribution in [2.75, 3.05) is 20.1 Å². The molecular formula is C9H15N3O3. The molecule has 0 aromatic heterocycles. The second-order valence-corrected chi connectivity index (χ2v) is 3.55. The minimum atomic E-state index is -0.618. The van der Waals surface area contributed by atoms with Gasteiger partial charge in [-0.25, -0.2) is 0 Å². The van der Waals surface area contributed by atoms with Gasteiger partial charge in [-0.15, -0.1) is 0 Å². The largest absolute Gasteiger partial charge is 0.369 e. The molecule has 1 saturated heterocycles. The molecule has 3 N–H and O–H groups in total. The summed E-state index contributed by atoms with van der Waals surface area (Å²) in [5.41, 5.74) is 5.15. The Morgan fingerprint density at radius 1 is 1.27 bits per heavy atom. The Morgan fingerprint density at radius 3 is 2.20 bits per heavy atom. The SMILES string of the molecule is CNC(=O)C(=O)N1CCC(C(N)=O)CC1. The second kappa shape index (κ2) is 4.77. The Labute approximate surface area is 87.8 Å². The number of likely N-dealkylation sites (tertiary alicyclic amines) is 1. The van der Waals surface area contributed by atoms with Crippen LogP contribution in [-0.2, 0) is 14.4 Å². The van der Waals surface area contributed by atoms with Gasteiger partial charge in [-0.2, -0.15) is 0 Å². The smallest absolute Gasteiger partial charge is 0.311 e. The molecule has 1 aliphatic heterocycles. The molecule has 0 aromatic carbocycles. The number of rotatable bonds is 1. The van der Waals surface area contributed by atoms with Crippen LogP contribution in [0.15, 0.2) is 0 Å². The Kier molecular flexibility index (Phi) is 3.65. The van der Waals surface area contributed by atoms with Gasteiger partial charge in [0.2, 0.25) is 5.91 Å². The molecule has 15 heavy (non-hydrogen) atoms. The summed E-state index contributed by atoms with van der Waals surface area (Å²) < 4.78 is 0. The standard InChI is InChI=1S/C9H15N3O3/c1-11-8(14)9(15)12-4-2-6(3-5-12)7(10)13/h6H,2-5H2,1H3,(H2,10,13)(H,11,14). The lowest BCUT2D eigenvalue weighted by molar-refractivity contribution is -0.146. The lowest BCUT2D eigenvalue weighted by Gasteiger charge is -2.29. The molecule has 1 aliphatic rings. The van der Waals surface area contributed by atoms with Crippen LogP contribution in [0.5, 0.6) is 0 Å². The van der Waals surface area contributed by atoms with Crippen molar-refractivity contribution in [3.05, 3.63) is 0 Å². The Hall–Kier alpha value is -1.59. The molecule has 1 heterocycles. The maximum Gasteiger partial charge on any atom is 0.311 e. The van der Waals surface area contributed by atoms with Crippen molar-refractivity contribution < 1.29 is 14.4 Å². The first-order valence-corrected chi connectivity index (χ1v) is 4.86. The van der Waals surface area contributed by atoms with Gasteiger partial charge in [0, 0.05) is 26.1 Å². The van der Waals surface area contributed by atoms with Gasteiger partial charge in [-0.1, -0.05) is 0 Å². The molecule has 84 valence electrons. The molecule has 6 nitrogen and oxygen atoms in total. The quantitative estimate of drug-likeness (QED) is 0.517. The molecule has 0 atom stereocenters. The highest BCUT2D eigenvalue weighted by Gasteiger charge is 2.28. The minimum absolute atomic E-state index is 0.168. The van der Waals surface area contributed by atoms with Crippen LogP contribution in [-0.4, -0.2) is 42.8 Å². The summed E-state index contributed by atoms with van der Waals surface area (Å²) in [6, 6.07) is 0. The van der Waals surface area contributed by atoms with E-state index >= 15 is 0 Å². The zero-order valence-corrected chi connectivity index (χ0v) is 8.66. The monoisotopic (exact) mass is 213 g/mol. The van der Waals surface area contributed by atoms with Crippen molar-refractivity contribution in [2.45, 2.75) is 12.8 Å². The first-order valence-electron chi connectivity index (χ1n) is 4.86. The van der Waals surface area contributed by atoms with Crippen molar-refractivity contribution >= 4 is 17.7 Å². The third kappa shape index (κ3) is 2.68. The summed E-state index contributed by atoms with van der Waals surface area (Å²) in [6.45, 7) is 0.833.